The molecule has 1 aromatic heterocycles. The molecule has 3 rings (SSSR count). The Bertz CT molecular complexity index is 891. The van der Waals surface area contributed by atoms with Gasteiger partial charge in [0.1, 0.15) is 5.69 Å². The van der Waals surface area contributed by atoms with Crippen molar-refractivity contribution in [1.82, 2.24) is 5.16 Å². The fourth-order valence-electron chi connectivity index (χ4n) is 3.17. The molecule has 0 fully saturated rings. The summed E-state index contributed by atoms with van der Waals surface area (Å²) < 4.78 is 35.3. The molecule has 6 nitrogen and oxygen atoms in total. The normalized spacial score (nSPS) is 17.4. The highest BCUT2D eigenvalue weighted by Crippen LogP contribution is 2.41. The van der Waals surface area contributed by atoms with Crippen molar-refractivity contribution in [3.8, 4) is 5.75 Å². The number of Topliss-reactive ketones (excluding diaryl/α,β-unsaturated/α-hetero) is 1. The van der Waals surface area contributed by atoms with E-state index in [-0.39, 0.29) is 33.8 Å². The molecule has 0 bridgehead atoms. The van der Waals surface area contributed by atoms with E-state index in [1.165, 1.54) is 19.9 Å². The van der Waals surface area contributed by atoms with E-state index < -0.39 is 10.1 Å². The Morgan fingerprint density at radius 3 is 2.57 bits per heavy atom. The van der Waals surface area contributed by atoms with E-state index in [9.17, 15) is 13.2 Å². The van der Waals surface area contributed by atoms with Crippen molar-refractivity contribution in [2.45, 2.75) is 44.9 Å². The van der Waals surface area contributed by atoms with Gasteiger partial charge in [-0.25, -0.2) is 0 Å². The van der Waals surface area contributed by atoms with Crippen LogP contribution < -0.4 is 4.18 Å². The molecule has 1 aromatic carbocycles. The van der Waals surface area contributed by atoms with Crippen LogP contribution in [0.3, 0.4) is 0 Å². The maximum atomic E-state index is 12.5. The minimum Gasteiger partial charge on any atom is -0.378 e. The second-order valence-corrected chi connectivity index (χ2v) is 7.37. The van der Waals surface area contributed by atoms with E-state index in [1.807, 2.05) is 13.8 Å². The fourth-order valence-corrected chi connectivity index (χ4v) is 4.42. The van der Waals surface area contributed by atoms with E-state index in [4.69, 9.17) is 8.71 Å². The van der Waals surface area contributed by atoms with Gasteiger partial charge in [-0.3, -0.25) is 4.79 Å². The van der Waals surface area contributed by atoms with Crippen LogP contribution in [0.2, 0.25) is 0 Å². The molecule has 0 radical (unpaired) electrons. The topological polar surface area (TPSA) is 86.5 Å². The van der Waals surface area contributed by atoms with Crippen molar-refractivity contribution in [2.24, 2.45) is 0 Å². The summed E-state index contributed by atoms with van der Waals surface area (Å²) in [4.78, 5) is 12.2. The van der Waals surface area contributed by atoms with E-state index in [2.05, 4.69) is 5.16 Å². The molecule has 0 aliphatic heterocycles. The monoisotopic (exact) mass is 335 g/mol. The molecule has 0 amide bonds. The predicted molar refractivity (Wildman–Crippen MR) is 82.3 cm³/mol. The summed E-state index contributed by atoms with van der Waals surface area (Å²) in [5, 5.41) is 3.64. The largest absolute Gasteiger partial charge is 0.378 e. The molecule has 0 saturated heterocycles. The lowest BCUT2D eigenvalue weighted by Crippen LogP contribution is -2.13. The summed E-state index contributed by atoms with van der Waals surface area (Å²) in [5.74, 6) is 0.189. The number of aryl methyl sites for hydroxylation is 3. The van der Waals surface area contributed by atoms with Gasteiger partial charge in [-0.05, 0) is 43.9 Å². The third-order valence-electron chi connectivity index (χ3n) is 4.11. The highest BCUT2D eigenvalue weighted by atomic mass is 32.2. The lowest BCUT2D eigenvalue weighted by atomic mass is 9.98. The van der Waals surface area contributed by atoms with Gasteiger partial charge in [-0.1, -0.05) is 18.1 Å². The lowest BCUT2D eigenvalue weighted by molar-refractivity contribution is 0.0989. The number of hydrogen-bond acceptors (Lipinski definition) is 6. The van der Waals surface area contributed by atoms with Crippen molar-refractivity contribution in [2.75, 3.05) is 0 Å². The molecular formula is C16H17NO5S. The molecule has 1 heterocycles. The maximum absolute atomic E-state index is 12.5. The molecule has 23 heavy (non-hydrogen) atoms. The zero-order valence-electron chi connectivity index (χ0n) is 13.3. The van der Waals surface area contributed by atoms with Crippen LogP contribution in [0.4, 0.5) is 0 Å². The quantitative estimate of drug-likeness (QED) is 0.801. The Morgan fingerprint density at radius 1 is 1.26 bits per heavy atom. The third kappa shape index (κ3) is 2.45. The van der Waals surface area contributed by atoms with Crippen LogP contribution in [0.1, 0.15) is 52.2 Å². The zero-order chi connectivity index (χ0) is 16.9. The van der Waals surface area contributed by atoms with E-state index in [1.54, 1.807) is 6.07 Å². The summed E-state index contributed by atoms with van der Waals surface area (Å²) in [6.45, 7) is 6.88. The van der Waals surface area contributed by atoms with Gasteiger partial charge >= 0.3 is 10.1 Å². The lowest BCUT2D eigenvalue weighted by Gasteiger charge is -2.13. The molecular weight excluding hydrogens is 318 g/mol. The van der Waals surface area contributed by atoms with Crippen LogP contribution in [0.25, 0.3) is 0 Å². The van der Waals surface area contributed by atoms with Crippen molar-refractivity contribution < 1.29 is 21.9 Å². The molecule has 1 atom stereocenters. The Hall–Kier alpha value is -2.15. The third-order valence-corrected chi connectivity index (χ3v) is 5.59. The van der Waals surface area contributed by atoms with Crippen molar-refractivity contribution in [3.05, 3.63) is 40.3 Å². The summed E-state index contributed by atoms with van der Waals surface area (Å²) >= 11 is 0. The first-order valence-electron chi connectivity index (χ1n) is 7.26. The predicted octanol–water partition coefficient (Wildman–Crippen LogP) is 3.06. The number of benzene rings is 1. The molecule has 7 heteroatoms. The van der Waals surface area contributed by atoms with Crippen LogP contribution >= 0.6 is 0 Å². The first-order valence-corrected chi connectivity index (χ1v) is 8.67. The highest BCUT2D eigenvalue weighted by molar-refractivity contribution is 7.87. The molecule has 0 N–H and O–H groups in total. The van der Waals surface area contributed by atoms with Gasteiger partial charge in [0.2, 0.25) is 0 Å². The summed E-state index contributed by atoms with van der Waals surface area (Å²) in [5.41, 5.74) is 2.42. The smallest absolute Gasteiger partial charge is 0.344 e. The Morgan fingerprint density at radius 2 is 1.96 bits per heavy atom. The highest BCUT2D eigenvalue weighted by Gasteiger charge is 2.34. The van der Waals surface area contributed by atoms with Gasteiger partial charge in [0.25, 0.3) is 0 Å². The average molecular weight is 335 g/mol. The van der Waals surface area contributed by atoms with Crippen LogP contribution in [0, 0.1) is 20.8 Å². The Kier molecular flexibility index (Phi) is 3.55. The van der Waals surface area contributed by atoms with Crippen LogP contribution in [0.5, 0.6) is 5.75 Å². The number of rotatable bonds is 3. The number of hydrogen-bond donors (Lipinski definition) is 0. The second-order valence-electron chi connectivity index (χ2n) is 5.89. The fraction of sp³-hybridized carbons (Fsp3) is 0.375. The minimum absolute atomic E-state index is 0.0582. The molecule has 0 saturated carbocycles. The van der Waals surface area contributed by atoms with Gasteiger partial charge in [-0.15, -0.1) is 0 Å². The molecule has 1 aliphatic rings. The maximum Gasteiger partial charge on any atom is 0.344 e. The van der Waals surface area contributed by atoms with Crippen molar-refractivity contribution in [1.29, 1.82) is 0 Å². The summed E-state index contributed by atoms with van der Waals surface area (Å²) in [6.07, 6.45) is 0.363. The average Bonchev–Trinajstić information content (AvgIpc) is 2.94. The number of aromatic nitrogens is 1. The van der Waals surface area contributed by atoms with Crippen molar-refractivity contribution >= 4 is 15.9 Å². The molecule has 122 valence electrons. The van der Waals surface area contributed by atoms with Crippen LogP contribution in [0.15, 0.2) is 21.6 Å². The van der Waals surface area contributed by atoms with Gasteiger partial charge < -0.3 is 8.71 Å². The number of fused-ring (bicyclic) bond motifs is 1. The van der Waals surface area contributed by atoms with E-state index in [0.717, 1.165) is 11.1 Å². The Labute approximate surface area is 134 Å². The number of nitrogens with zero attached hydrogens (tertiary/aromatic N) is 1. The van der Waals surface area contributed by atoms with Gasteiger partial charge in [0.05, 0.1) is 5.56 Å². The number of ketones is 1. The van der Waals surface area contributed by atoms with Gasteiger partial charge in [0.15, 0.2) is 22.2 Å². The zero-order valence-corrected chi connectivity index (χ0v) is 14.2. The molecule has 0 spiro atoms. The number of carbonyl (C=O) groups excluding carboxylic acids is 1. The van der Waals surface area contributed by atoms with Crippen LogP contribution in [-0.4, -0.2) is 19.4 Å². The summed E-state index contributed by atoms with van der Waals surface area (Å²) in [7, 11) is -4.12. The first-order chi connectivity index (χ1) is 10.7. The minimum atomic E-state index is -4.12. The molecule has 2 aromatic rings. The SMILES string of the molecule is Cc1ccc(OS(=O)(=O)c2c(C)noc2C)c2c1[C@@H](C)CC2=O. The van der Waals surface area contributed by atoms with E-state index >= 15 is 0 Å². The molecule has 0 unspecified atom stereocenters. The van der Waals surface area contributed by atoms with Gasteiger partial charge in [0, 0.05) is 6.42 Å². The van der Waals surface area contributed by atoms with Gasteiger partial charge in [-0.2, -0.15) is 8.42 Å². The molecule has 1 aliphatic carbocycles. The van der Waals surface area contributed by atoms with E-state index in [0.29, 0.717) is 12.0 Å². The number of carbonyl (C=O) groups is 1. The summed E-state index contributed by atoms with van der Waals surface area (Å²) in [6, 6.07) is 3.30. The van der Waals surface area contributed by atoms with Crippen LogP contribution in [-0.2, 0) is 10.1 Å². The Balaban J connectivity index is 2.11. The second kappa shape index (κ2) is 5.19. The first kappa shape index (κ1) is 15.7. The standard InChI is InChI=1S/C16H17NO5S/c1-8-5-6-13(15-12(18)7-9(2)14(8)15)22-23(19,20)16-10(3)17-21-11(16)4/h5-6,9H,7H2,1-4H3/t9-/m0/s1. The van der Waals surface area contributed by atoms with Crippen molar-refractivity contribution in [3.63, 3.8) is 0 Å².